The summed E-state index contributed by atoms with van der Waals surface area (Å²) in [5, 5.41) is 0. The summed E-state index contributed by atoms with van der Waals surface area (Å²) in [5.74, 6) is 0. The minimum Gasteiger partial charge on any atom is -0.379 e. The second kappa shape index (κ2) is 5.61. The normalized spacial score (nSPS) is 14.5. The van der Waals surface area contributed by atoms with Gasteiger partial charge < -0.3 is 4.90 Å². The van der Waals surface area contributed by atoms with Gasteiger partial charge >= 0.3 is 0 Å². The first-order valence-corrected chi connectivity index (χ1v) is 4.98. The predicted octanol–water partition coefficient (Wildman–Crippen LogP) is 3.15. The van der Waals surface area contributed by atoms with Gasteiger partial charge in [-0.05, 0) is 12.6 Å². The van der Waals surface area contributed by atoms with Crippen molar-refractivity contribution in [1.82, 2.24) is 4.90 Å². The molecular formula is C14H14NY-. The van der Waals surface area contributed by atoms with Crippen LogP contribution in [0.2, 0.25) is 0 Å². The van der Waals surface area contributed by atoms with Gasteiger partial charge in [0.1, 0.15) is 0 Å². The van der Waals surface area contributed by atoms with Crippen LogP contribution >= 0.6 is 0 Å². The smallest absolute Gasteiger partial charge is 0.00844 e. The molecule has 16 heavy (non-hydrogen) atoms. The summed E-state index contributed by atoms with van der Waals surface area (Å²) in [6.07, 6.45) is 7.11. The van der Waals surface area contributed by atoms with Crippen molar-refractivity contribution in [2.45, 2.75) is 6.92 Å². The van der Waals surface area contributed by atoms with Crippen molar-refractivity contribution >= 4 is 5.70 Å². The van der Waals surface area contributed by atoms with Crippen molar-refractivity contribution in [3.05, 3.63) is 65.9 Å². The van der Waals surface area contributed by atoms with Crippen LogP contribution in [-0.4, -0.2) is 11.9 Å². The van der Waals surface area contributed by atoms with Crippen LogP contribution in [0, 0.1) is 13.0 Å². The van der Waals surface area contributed by atoms with Crippen LogP contribution in [0.25, 0.3) is 5.70 Å². The molecule has 2 heteroatoms. The van der Waals surface area contributed by atoms with Crippen LogP contribution in [0.3, 0.4) is 0 Å². The molecule has 0 saturated heterocycles. The van der Waals surface area contributed by atoms with Crippen LogP contribution < -0.4 is 0 Å². The van der Waals surface area contributed by atoms with E-state index in [2.05, 4.69) is 43.8 Å². The molecule has 1 nitrogen and oxygen atoms in total. The summed E-state index contributed by atoms with van der Waals surface area (Å²) in [4.78, 5) is 2.05. The van der Waals surface area contributed by atoms with E-state index in [4.69, 9.17) is 0 Å². The van der Waals surface area contributed by atoms with Crippen molar-refractivity contribution < 1.29 is 32.7 Å². The van der Waals surface area contributed by atoms with Crippen molar-refractivity contribution in [2.24, 2.45) is 0 Å². The molecule has 0 saturated carbocycles. The van der Waals surface area contributed by atoms with E-state index in [-0.39, 0.29) is 32.7 Å². The van der Waals surface area contributed by atoms with Crippen molar-refractivity contribution in [2.75, 3.05) is 7.05 Å². The van der Waals surface area contributed by atoms with Crippen molar-refractivity contribution in [1.29, 1.82) is 0 Å². The molecule has 0 aromatic heterocycles. The largest absolute Gasteiger partial charge is 0.379 e. The van der Waals surface area contributed by atoms with E-state index in [1.807, 2.05) is 24.1 Å². The number of nitrogens with zero attached hydrogens (tertiary/aromatic N) is 1. The Labute approximate surface area is 122 Å². The standard InChI is InChI=1S/C14H14N.Y/c1-11-7-9-13(10-8-11)14-6-4-5-12(2)15(14)3;/h4-5,7-10H,2H2,1,3H3;/q-1;. The molecule has 1 aliphatic rings. The molecule has 0 fully saturated rings. The van der Waals surface area contributed by atoms with Crippen LogP contribution in [-0.2, 0) is 32.7 Å². The van der Waals surface area contributed by atoms with Crippen molar-refractivity contribution in [3.63, 3.8) is 0 Å². The molecular weight excluding hydrogens is 271 g/mol. The molecule has 2 rings (SSSR count). The minimum atomic E-state index is 0. The van der Waals surface area contributed by atoms with Gasteiger partial charge in [-0.1, -0.05) is 35.5 Å². The molecule has 0 unspecified atom stereocenters. The fraction of sp³-hybridized carbons (Fsp3) is 0.143. The Kier molecular flexibility index (Phi) is 4.70. The number of hydrogen-bond acceptors (Lipinski definition) is 1. The zero-order valence-corrected chi connectivity index (χ0v) is 12.5. The summed E-state index contributed by atoms with van der Waals surface area (Å²) in [6, 6.07) is 8.44. The van der Waals surface area contributed by atoms with E-state index >= 15 is 0 Å². The van der Waals surface area contributed by atoms with Gasteiger partial charge in [0.2, 0.25) is 0 Å². The van der Waals surface area contributed by atoms with Crippen molar-refractivity contribution in [3.8, 4) is 0 Å². The van der Waals surface area contributed by atoms with Gasteiger partial charge in [-0.2, -0.15) is 12.2 Å². The Morgan fingerprint density at radius 3 is 2.44 bits per heavy atom. The van der Waals surface area contributed by atoms with E-state index < -0.39 is 0 Å². The number of likely N-dealkylation sites (N-methyl/N-ethyl adjacent to an activating group) is 1. The number of hydrogen-bond donors (Lipinski definition) is 0. The first kappa shape index (κ1) is 13.4. The Morgan fingerprint density at radius 1 is 1.19 bits per heavy atom. The van der Waals surface area contributed by atoms with Crippen LogP contribution in [0.1, 0.15) is 11.1 Å². The van der Waals surface area contributed by atoms with Gasteiger partial charge in [0.15, 0.2) is 0 Å². The molecule has 0 N–H and O–H groups in total. The van der Waals surface area contributed by atoms with E-state index in [9.17, 15) is 0 Å². The van der Waals surface area contributed by atoms with E-state index in [0.717, 1.165) is 11.4 Å². The summed E-state index contributed by atoms with van der Waals surface area (Å²) in [6.45, 7) is 6.06. The second-order valence-electron chi connectivity index (χ2n) is 3.74. The molecule has 0 aliphatic carbocycles. The molecule has 1 aromatic carbocycles. The molecule has 1 aliphatic heterocycles. The SMILES string of the molecule is C=C1C=C[C-]=C(c2ccc(C)cc2)N1C.[Y]. The van der Waals surface area contributed by atoms with Gasteiger partial charge in [0.05, 0.1) is 0 Å². The molecule has 0 spiro atoms. The molecule has 1 radical (unpaired) electrons. The summed E-state index contributed by atoms with van der Waals surface area (Å²) >= 11 is 0. The van der Waals surface area contributed by atoms with E-state index in [1.54, 1.807) is 0 Å². The quantitative estimate of drug-likeness (QED) is 0.716. The van der Waals surface area contributed by atoms with E-state index in [1.165, 1.54) is 11.1 Å². The third kappa shape index (κ3) is 2.72. The average Bonchev–Trinajstić information content (AvgIpc) is 2.24. The fourth-order valence-corrected chi connectivity index (χ4v) is 1.56. The van der Waals surface area contributed by atoms with Crippen LogP contribution in [0.5, 0.6) is 0 Å². The minimum absolute atomic E-state index is 0. The van der Waals surface area contributed by atoms with E-state index in [0.29, 0.717) is 0 Å². The second-order valence-corrected chi connectivity index (χ2v) is 3.74. The molecule has 0 amide bonds. The first-order valence-electron chi connectivity index (χ1n) is 4.98. The number of rotatable bonds is 1. The molecule has 0 bridgehead atoms. The fourth-order valence-electron chi connectivity index (χ4n) is 1.56. The predicted molar refractivity (Wildman–Crippen MR) is 63.9 cm³/mol. The Balaban J connectivity index is 0.00000128. The van der Waals surface area contributed by atoms with Crippen LogP contribution in [0.15, 0.2) is 48.7 Å². The maximum Gasteiger partial charge on any atom is 0.00844 e. The number of benzene rings is 1. The van der Waals surface area contributed by atoms with Gasteiger partial charge in [-0.25, -0.2) is 0 Å². The first-order chi connectivity index (χ1) is 7.18. The molecule has 1 heterocycles. The monoisotopic (exact) mass is 285 g/mol. The zero-order valence-electron chi connectivity index (χ0n) is 9.70. The van der Waals surface area contributed by atoms with Crippen LogP contribution in [0.4, 0.5) is 0 Å². The molecule has 79 valence electrons. The van der Waals surface area contributed by atoms with Gasteiger partial charge in [0.25, 0.3) is 0 Å². The number of allylic oxidation sites excluding steroid dienone is 3. The van der Waals surface area contributed by atoms with Gasteiger partial charge in [-0.15, -0.1) is 18.2 Å². The zero-order chi connectivity index (χ0) is 10.8. The summed E-state index contributed by atoms with van der Waals surface area (Å²) in [5.41, 5.74) is 4.51. The topological polar surface area (TPSA) is 3.24 Å². The average molecular weight is 285 g/mol. The molecule has 1 aromatic rings. The summed E-state index contributed by atoms with van der Waals surface area (Å²) in [7, 11) is 2.01. The maximum absolute atomic E-state index is 3.97. The maximum atomic E-state index is 3.97. The molecule has 0 atom stereocenters. The summed E-state index contributed by atoms with van der Waals surface area (Å²) < 4.78 is 0. The third-order valence-electron chi connectivity index (χ3n) is 2.59. The third-order valence-corrected chi connectivity index (χ3v) is 2.59. The number of aryl methyl sites for hydroxylation is 1. The Hall–Kier alpha value is -0.656. The Morgan fingerprint density at radius 2 is 1.81 bits per heavy atom. The Bertz CT molecular complexity index is 440. The van der Waals surface area contributed by atoms with Gasteiger partial charge in [-0.3, -0.25) is 0 Å². The van der Waals surface area contributed by atoms with Gasteiger partial charge in [0, 0.05) is 39.8 Å².